The van der Waals surface area contributed by atoms with E-state index in [0.29, 0.717) is 27.1 Å². The fourth-order valence-corrected chi connectivity index (χ4v) is 3.60. The lowest BCUT2D eigenvalue weighted by molar-refractivity contribution is 0.0473. The molecule has 1 aromatic carbocycles. The number of ether oxygens (including phenoxy) is 1. The molecule has 3 aromatic rings. The van der Waals surface area contributed by atoms with Gasteiger partial charge in [0.1, 0.15) is 12.2 Å². The normalized spacial score (nSPS) is 11.0. The summed E-state index contributed by atoms with van der Waals surface area (Å²) in [5.41, 5.74) is 1.88. The van der Waals surface area contributed by atoms with Crippen LogP contribution in [0.5, 0.6) is 0 Å². The molecular weight excluding hydrogens is 348 g/mol. The van der Waals surface area contributed by atoms with E-state index in [1.807, 2.05) is 20.8 Å². The van der Waals surface area contributed by atoms with Gasteiger partial charge in [0.05, 0.1) is 5.56 Å². The molecule has 0 spiro atoms. The quantitative estimate of drug-likeness (QED) is 0.496. The fourth-order valence-electron chi connectivity index (χ4n) is 2.52. The Morgan fingerprint density at radius 3 is 2.62 bits per heavy atom. The number of fused-ring (bicyclic) bond motifs is 1. The largest absolute Gasteiger partial charge is 0.457 e. The molecule has 124 valence electrons. The van der Waals surface area contributed by atoms with Crippen LogP contribution in [0, 0.1) is 20.8 Å². The minimum absolute atomic E-state index is 0.0192. The minimum atomic E-state index is -0.488. The lowest BCUT2D eigenvalue weighted by Gasteiger charge is -2.08. The van der Waals surface area contributed by atoms with Gasteiger partial charge in [0, 0.05) is 31.8 Å². The second-order valence-corrected chi connectivity index (χ2v) is 7.46. The van der Waals surface area contributed by atoms with Gasteiger partial charge < -0.3 is 9.15 Å². The maximum atomic E-state index is 12.3. The van der Waals surface area contributed by atoms with Crippen LogP contribution in [0.1, 0.15) is 31.2 Å². The molecule has 4 nitrogen and oxygen atoms in total. The first-order valence-electron chi connectivity index (χ1n) is 7.32. The van der Waals surface area contributed by atoms with E-state index in [2.05, 4.69) is 0 Å². The summed E-state index contributed by atoms with van der Waals surface area (Å²) in [7, 11) is 0. The van der Waals surface area contributed by atoms with E-state index in [1.165, 1.54) is 6.07 Å². The molecule has 0 amide bonds. The molecule has 0 atom stereocenters. The van der Waals surface area contributed by atoms with E-state index in [0.717, 1.165) is 15.3 Å². The first-order chi connectivity index (χ1) is 11.3. The maximum absolute atomic E-state index is 12.3. The zero-order valence-corrected chi connectivity index (χ0v) is 15.0. The summed E-state index contributed by atoms with van der Waals surface area (Å²) in [6.45, 7) is 5.63. The molecule has 3 rings (SSSR count). The Balaban J connectivity index is 1.92. The Morgan fingerprint density at radius 1 is 1.21 bits per heavy atom. The van der Waals surface area contributed by atoms with Gasteiger partial charge in [-0.15, -0.1) is 11.3 Å². The molecule has 6 heteroatoms. The molecule has 0 bridgehead atoms. The van der Waals surface area contributed by atoms with Crippen LogP contribution < -0.4 is 5.63 Å². The van der Waals surface area contributed by atoms with Gasteiger partial charge >= 0.3 is 11.6 Å². The molecule has 2 aromatic heterocycles. The maximum Gasteiger partial charge on any atom is 0.339 e. The molecule has 0 aliphatic rings. The summed E-state index contributed by atoms with van der Waals surface area (Å²) in [6, 6.07) is 6.56. The van der Waals surface area contributed by atoms with Gasteiger partial charge in [-0.05, 0) is 44.5 Å². The van der Waals surface area contributed by atoms with E-state index in [4.69, 9.17) is 20.8 Å². The third kappa shape index (κ3) is 3.23. The van der Waals surface area contributed by atoms with Crippen molar-refractivity contribution in [3.8, 4) is 0 Å². The predicted molar refractivity (Wildman–Crippen MR) is 95.1 cm³/mol. The number of rotatable bonds is 3. The minimum Gasteiger partial charge on any atom is -0.457 e. The number of halogens is 1. The van der Waals surface area contributed by atoms with Crippen molar-refractivity contribution in [3.05, 3.63) is 66.2 Å². The van der Waals surface area contributed by atoms with Gasteiger partial charge in [0.15, 0.2) is 0 Å². The van der Waals surface area contributed by atoms with Crippen LogP contribution in [0.15, 0.2) is 33.5 Å². The number of esters is 1. The molecule has 0 saturated carbocycles. The van der Waals surface area contributed by atoms with Crippen molar-refractivity contribution < 1.29 is 13.9 Å². The molecule has 2 heterocycles. The third-order valence-electron chi connectivity index (χ3n) is 3.73. The molecule has 0 radical (unpaired) electrons. The van der Waals surface area contributed by atoms with Crippen LogP contribution in [0.4, 0.5) is 0 Å². The second kappa shape index (κ2) is 6.42. The molecule has 0 N–H and O–H groups in total. The van der Waals surface area contributed by atoms with Crippen LogP contribution in [0.2, 0.25) is 5.02 Å². The molecule has 0 aliphatic heterocycles. The monoisotopic (exact) mass is 362 g/mol. The molecular formula is C18H15ClO4S. The summed E-state index contributed by atoms with van der Waals surface area (Å²) in [4.78, 5) is 25.9. The van der Waals surface area contributed by atoms with Crippen molar-refractivity contribution in [2.75, 3.05) is 0 Å². The zero-order valence-electron chi connectivity index (χ0n) is 13.4. The van der Waals surface area contributed by atoms with E-state index in [9.17, 15) is 9.59 Å². The van der Waals surface area contributed by atoms with Crippen molar-refractivity contribution in [1.29, 1.82) is 0 Å². The van der Waals surface area contributed by atoms with Crippen molar-refractivity contribution in [3.63, 3.8) is 0 Å². The lowest BCUT2D eigenvalue weighted by Crippen LogP contribution is -2.08. The van der Waals surface area contributed by atoms with Gasteiger partial charge in [-0.3, -0.25) is 0 Å². The summed E-state index contributed by atoms with van der Waals surface area (Å²) in [6.07, 6.45) is 0. The predicted octanol–water partition coefficient (Wildman–Crippen LogP) is 4.79. The number of carbonyl (C=O) groups excluding carboxylic acids is 1. The number of thiophene rings is 1. The number of hydrogen-bond donors (Lipinski definition) is 0. The lowest BCUT2D eigenvalue weighted by atomic mass is 10.1. The molecule has 0 fully saturated rings. The number of carbonyl (C=O) groups is 1. The number of aryl methyl sites for hydroxylation is 3. The highest BCUT2D eigenvalue weighted by molar-refractivity contribution is 7.12. The van der Waals surface area contributed by atoms with Crippen molar-refractivity contribution >= 4 is 39.9 Å². The first kappa shape index (κ1) is 16.7. The highest BCUT2D eigenvalue weighted by Gasteiger charge is 2.15. The highest BCUT2D eigenvalue weighted by atomic mass is 35.5. The van der Waals surface area contributed by atoms with Crippen LogP contribution in [-0.2, 0) is 11.3 Å². The van der Waals surface area contributed by atoms with Crippen LogP contribution in [0.3, 0.4) is 0 Å². The average molecular weight is 363 g/mol. The van der Waals surface area contributed by atoms with E-state index in [-0.39, 0.29) is 6.61 Å². The Labute approximate surface area is 147 Å². The topological polar surface area (TPSA) is 56.5 Å². The van der Waals surface area contributed by atoms with Crippen molar-refractivity contribution in [1.82, 2.24) is 0 Å². The molecule has 0 aliphatic carbocycles. The fraction of sp³-hybridized carbons (Fsp3) is 0.222. The van der Waals surface area contributed by atoms with Gasteiger partial charge in [0.2, 0.25) is 0 Å². The van der Waals surface area contributed by atoms with Gasteiger partial charge in [0.25, 0.3) is 0 Å². The van der Waals surface area contributed by atoms with Crippen LogP contribution in [-0.4, -0.2) is 5.97 Å². The zero-order chi connectivity index (χ0) is 17.4. The Hall–Kier alpha value is -2.11. The van der Waals surface area contributed by atoms with E-state index >= 15 is 0 Å². The SMILES string of the molecule is Cc1cc(C(=O)OCc2cc(=O)oc3cc(C)c(Cl)cc23)c(C)s1. The highest BCUT2D eigenvalue weighted by Crippen LogP contribution is 2.26. The van der Waals surface area contributed by atoms with Gasteiger partial charge in [-0.2, -0.15) is 0 Å². The summed E-state index contributed by atoms with van der Waals surface area (Å²) < 4.78 is 10.6. The second-order valence-electron chi connectivity index (χ2n) is 5.59. The first-order valence-corrected chi connectivity index (χ1v) is 8.51. The summed E-state index contributed by atoms with van der Waals surface area (Å²) in [5.74, 6) is -0.406. The Kier molecular flexibility index (Phi) is 4.47. The van der Waals surface area contributed by atoms with Crippen molar-refractivity contribution in [2.45, 2.75) is 27.4 Å². The molecule has 0 saturated heterocycles. The van der Waals surface area contributed by atoms with Crippen LogP contribution >= 0.6 is 22.9 Å². The van der Waals surface area contributed by atoms with E-state index < -0.39 is 11.6 Å². The smallest absolute Gasteiger partial charge is 0.339 e. The standard InChI is InChI=1S/C18H15ClO4S/c1-9-4-16-14(7-15(9)19)12(6-17(20)23-16)8-22-18(21)13-5-10(2)24-11(13)3/h4-7H,8H2,1-3H3. The van der Waals surface area contributed by atoms with Crippen molar-refractivity contribution in [2.24, 2.45) is 0 Å². The van der Waals surface area contributed by atoms with E-state index in [1.54, 1.807) is 29.5 Å². The number of hydrogen-bond acceptors (Lipinski definition) is 5. The average Bonchev–Trinajstić information content (AvgIpc) is 2.85. The third-order valence-corrected chi connectivity index (χ3v) is 5.10. The molecule has 0 unspecified atom stereocenters. The summed E-state index contributed by atoms with van der Waals surface area (Å²) in [5, 5.41) is 1.23. The Morgan fingerprint density at radius 2 is 1.96 bits per heavy atom. The van der Waals surface area contributed by atoms with Crippen LogP contribution in [0.25, 0.3) is 11.0 Å². The van der Waals surface area contributed by atoms with Gasteiger partial charge in [-0.1, -0.05) is 11.6 Å². The van der Waals surface area contributed by atoms with Gasteiger partial charge in [-0.25, -0.2) is 9.59 Å². The molecule has 24 heavy (non-hydrogen) atoms. The summed E-state index contributed by atoms with van der Waals surface area (Å²) >= 11 is 7.70. The Bertz CT molecular complexity index is 1000. The number of benzene rings is 1.